The summed E-state index contributed by atoms with van der Waals surface area (Å²) in [5, 5.41) is 3.12. The standard InChI is InChI=1S/C14H28N2O/c1-4-16(5-2)12(3)11-15-14(17)13-9-7-6-8-10-13/h12-13H,4-11H2,1-3H3,(H,15,17). The van der Waals surface area contributed by atoms with Crippen LogP contribution in [-0.4, -0.2) is 36.5 Å². The van der Waals surface area contributed by atoms with Gasteiger partial charge < -0.3 is 5.32 Å². The molecule has 1 aliphatic rings. The maximum absolute atomic E-state index is 12.0. The lowest BCUT2D eigenvalue weighted by Crippen LogP contribution is -2.43. The molecule has 0 spiro atoms. The van der Waals surface area contributed by atoms with Crippen LogP contribution in [0.3, 0.4) is 0 Å². The fraction of sp³-hybridized carbons (Fsp3) is 0.929. The Kier molecular flexibility index (Phi) is 6.56. The van der Waals surface area contributed by atoms with E-state index in [2.05, 4.69) is 31.0 Å². The second-order valence-electron chi connectivity index (χ2n) is 5.15. The number of nitrogens with zero attached hydrogens (tertiary/aromatic N) is 1. The third kappa shape index (κ3) is 4.66. The zero-order chi connectivity index (χ0) is 12.7. The number of nitrogens with one attached hydrogen (secondary N) is 1. The van der Waals surface area contributed by atoms with Gasteiger partial charge in [-0.05, 0) is 32.9 Å². The van der Waals surface area contributed by atoms with Crippen molar-refractivity contribution in [2.75, 3.05) is 19.6 Å². The highest BCUT2D eigenvalue weighted by Crippen LogP contribution is 2.23. The van der Waals surface area contributed by atoms with Crippen LogP contribution in [0.1, 0.15) is 52.9 Å². The lowest BCUT2D eigenvalue weighted by Gasteiger charge is -2.28. The summed E-state index contributed by atoms with van der Waals surface area (Å²) in [7, 11) is 0. The Labute approximate surface area is 106 Å². The number of rotatable bonds is 6. The molecule has 0 aromatic carbocycles. The Morgan fingerprint density at radius 2 is 1.82 bits per heavy atom. The van der Waals surface area contributed by atoms with Gasteiger partial charge in [0.25, 0.3) is 0 Å². The molecule has 1 unspecified atom stereocenters. The van der Waals surface area contributed by atoms with Crippen molar-refractivity contribution in [3.05, 3.63) is 0 Å². The molecule has 1 rings (SSSR count). The van der Waals surface area contributed by atoms with Gasteiger partial charge in [0.1, 0.15) is 0 Å². The second-order valence-corrected chi connectivity index (χ2v) is 5.15. The van der Waals surface area contributed by atoms with E-state index < -0.39 is 0 Å². The average molecular weight is 240 g/mol. The minimum atomic E-state index is 0.281. The lowest BCUT2D eigenvalue weighted by molar-refractivity contribution is -0.126. The van der Waals surface area contributed by atoms with Gasteiger partial charge in [0, 0.05) is 18.5 Å². The van der Waals surface area contributed by atoms with Crippen molar-refractivity contribution < 1.29 is 4.79 Å². The molecule has 0 saturated heterocycles. The number of likely N-dealkylation sites (N-methyl/N-ethyl adjacent to an activating group) is 1. The number of amides is 1. The highest BCUT2D eigenvalue weighted by Gasteiger charge is 2.21. The first-order valence-electron chi connectivity index (χ1n) is 7.20. The molecule has 100 valence electrons. The Bertz CT molecular complexity index is 220. The van der Waals surface area contributed by atoms with Gasteiger partial charge in [-0.15, -0.1) is 0 Å². The quantitative estimate of drug-likeness (QED) is 0.773. The van der Waals surface area contributed by atoms with E-state index in [0.29, 0.717) is 6.04 Å². The molecular formula is C14H28N2O. The molecule has 1 atom stereocenters. The third-order valence-corrected chi connectivity index (χ3v) is 3.98. The van der Waals surface area contributed by atoms with E-state index in [1.807, 2.05) is 0 Å². The van der Waals surface area contributed by atoms with Gasteiger partial charge in [0.2, 0.25) is 5.91 Å². The summed E-state index contributed by atoms with van der Waals surface area (Å²) in [6.45, 7) is 9.42. The molecule has 1 aliphatic carbocycles. The van der Waals surface area contributed by atoms with Crippen molar-refractivity contribution >= 4 is 5.91 Å². The van der Waals surface area contributed by atoms with Gasteiger partial charge in [-0.25, -0.2) is 0 Å². The first-order chi connectivity index (χ1) is 8.19. The molecule has 0 aliphatic heterocycles. The van der Waals surface area contributed by atoms with Gasteiger partial charge in [-0.3, -0.25) is 9.69 Å². The molecule has 0 aromatic heterocycles. The molecule has 0 aromatic rings. The number of carbonyl (C=O) groups is 1. The summed E-state index contributed by atoms with van der Waals surface area (Å²) >= 11 is 0. The van der Waals surface area contributed by atoms with E-state index in [1.165, 1.54) is 19.3 Å². The minimum Gasteiger partial charge on any atom is -0.354 e. The summed E-state index contributed by atoms with van der Waals surface area (Å²) in [6.07, 6.45) is 5.93. The van der Waals surface area contributed by atoms with Crippen LogP contribution in [0.15, 0.2) is 0 Å². The molecule has 3 nitrogen and oxygen atoms in total. The van der Waals surface area contributed by atoms with Crippen molar-refractivity contribution in [3.63, 3.8) is 0 Å². The predicted molar refractivity (Wildman–Crippen MR) is 72.0 cm³/mol. The average Bonchev–Trinajstić information content (AvgIpc) is 2.38. The number of hydrogen-bond donors (Lipinski definition) is 1. The van der Waals surface area contributed by atoms with Crippen molar-refractivity contribution in [2.45, 2.75) is 58.9 Å². The number of carbonyl (C=O) groups excluding carboxylic acids is 1. The maximum Gasteiger partial charge on any atom is 0.223 e. The fourth-order valence-corrected chi connectivity index (χ4v) is 2.73. The van der Waals surface area contributed by atoms with Crippen LogP contribution in [0.2, 0.25) is 0 Å². The summed E-state index contributed by atoms with van der Waals surface area (Å²) < 4.78 is 0. The van der Waals surface area contributed by atoms with Crippen molar-refractivity contribution in [1.29, 1.82) is 0 Å². The molecule has 1 N–H and O–H groups in total. The Balaban J connectivity index is 2.26. The normalized spacial score (nSPS) is 19.3. The molecule has 17 heavy (non-hydrogen) atoms. The lowest BCUT2D eigenvalue weighted by atomic mass is 9.88. The molecule has 0 radical (unpaired) electrons. The largest absolute Gasteiger partial charge is 0.354 e. The fourth-order valence-electron chi connectivity index (χ4n) is 2.73. The first kappa shape index (κ1) is 14.5. The van der Waals surface area contributed by atoms with E-state index >= 15 is 0 Å². The van der Waals surface area contributed by atoms with E-state index in [-0.39, 0.29) is 11.8 Å². The Morgan fingerprint density at radius 3 is 2.35 bits per heavy atom. The van der Waals surface area contributed by atoms with Crippen LogP contribution < -0.4 is 5.32 Å². The highest BCUT2D eigenvalue weighted by atomic mass is 16.1. The van der Waals surface area contributed by atoms with E-state index in [1.54, 1.807) is 0 Å². The Hall–Kier alpha value is -0.570. The van der Waals surface area contributed by atoms with Gasteiger partial charge in [0.05, 0.1) is 0 Å². The van der Waals surface area contributed by atoms with Crippen molar-refractivity contribution in [3.8, 4) is 0 Å². The van der Waals surface area contributed by atoms with Crippen LogP contribution in [0.4, 0.5) is 0 Å². The summed E-state index contributed by atoms with van der Waals surface area (Å²) in [5.74, 6) is 0.566. The molecular weight excluding hydrogens is 212 g/mol. The van der Waals surface area contributed by atoms with E-state index in [9.17, 15) is 4.79 Å². The summed E-state index contributed by atoms with van der Waals surface area (Å²) in [5.41, 5.74) is 0. The highest BCUT2D eigenvalue weighted by molar-refractivity contribution is 5.78. The Morgan fingerprint density at radius 1 is 1.24 bits per heavy atom. The second kappa shape index (κ2) is 7.70. The summed E-state index contributed by atoms with van der Waals surface area (Å²) in [6, 6.07) is 0.442. The van der Waals surface area contributed by atoms with Crippen molar-refractivity contribution in [2.24, 2.45) is 5.92 Å². The zero-order valence-electron chi connectivity index (χ0n) is 11.7. The zero-order valence-corrected chi connectivity index (χ0v) is 11.7. The number of hydrogen-bond acceptors (Lipinski definition) is 2. The topological polar surface area (TPSA) is 32.3 Å². The van der Waals surface area contributed by atoms with Crippen LogP contribution in [0.5, 0.6) is 0 Å². The summed E-state index contributed by atoms with van der Waals surface area (Å²) in [4.78, 5) is 14.3. The van der Waals surface area contributed by atoms with E-state index in [0.717, 1.165) is 32.5 Å². The molecule has 1 saturated carbocycles. The van der Waals surface area contributed by atoms with Crippen LogP contribution >= 0.6 is 0 Å². The van der Waals surface area contributed by atoms with Crippen LogP contribution in [0.25, 0.3) is 0 Å². The van der Waals surface area contributed by atoms with Gasteiger partial charge in [0.15, 0.2) is 0 Å². The molecule has 1 amide bonds. The molecule has 3 heteroatoms. The van der Waals surface area contributed by atoms with Gasteiger partial charge in [-0.1, -0.05) is 33.1 Å². The molecule has 0 heterocycles. The first-order valence-corrected chi connectivity index (χ1v) is 7.20. The van der Waals surface area contributed by atoms with Gasteiger partial charge in [-0.2, -0.15) is 0 Å². The monoisotopic (exact) mass is 240 g/mol. The molecule has 0 bridgehead atoms. The van der Waals surface area contributed by atoms with Crippen LogP contribution in [0, 0.1) is 5.92 Å². The maximum atomic E-state index is 12.0. The SMILES string of the molecule is CCN(CC)C(C)CNC(=O)C1CCCCC1. The van der Waals surface area contributed by atoms with Crippen LogP contribution in [-0.2, 0) is 4.79 Å². The minimum absolute atomic E-state index is 0.281. The smallest absolute Gasteiger partial charge is 0.223 e. The molecule has 1 fully saturated rings. The third-order valence-electron chi connectivity index (χ3n) is 3.98. The van der Waals surface area contributed by atoms with Gasteiger partial charge >= 0.3 is 0 Å². The predicted octanol–water partition coefficient (Wildman–Crippen LogP) is 2.41. The van der Waals surface area contributed by atoms with Crippen molar-refractivity contribution in [1.82, 2.24) is 10.2 Å². The van der Waals surface area contributed by atoms with E-state index in [4.69, 9.17) is 0 Å².